The highest BCUT2D eigenvalue weighted by Gasteiger charge is 2.41. The fourth-order valence-corrected chi connectivity index (χ4v) is 7.35. The monoisotopic (exact) mass is 448 g/mol. The molecule has 3 aliphatic rings. The predicted octanol–water partition coefficient (Wildman–Crippen LogP) is 3.75. The van der Waals surface area contributed by atoms with Crippen molar-refractivity contribution in [3.63, 3.8) is 0 Å². The predicted molar refractivity (Wildman–Crippen MR) is 121 cm³/mol. The van der Waals surface area contributed by atoms with Gasteiger partial charge in [-0.05, 0) is 42.4 Å². The maximum absolute atomic E-state index is 13.7. The number of hydrogen-bond acceptors (Lipinski definition) is 4. The molecular formula is C24H36N2O4S. The molecule has 0 radical (unpaired) electrons. The molecule has 172 valence electrons. The van der Waals surface area contributed by atoms with Crippen molar-refractivity contribution < 1.29 is 17.9 Å². The van der Waals surface area contributed by atoms with Gasteiger partial charge in [0.2, 0.25) is 0 Å². The van der Waals surface area contributed by atoms with Crippen molar-refractivity contribution in [2.45, 2.75) is 62.0 Å². The smallest absolute Gasteiger partial charge is 0.320 e. The molecule has 0 bridgehead atoms. The van der Waals surface area contributed by atoms with Gasteiger partial charge in [0, 0.05) is 26.2 Å². The third kappa shape index (κ3) is 5.08. The first-order valence-electron chi connectivity index (χ1n) is 11.9. The second-order valence-electron chi connectivity index (χ2n) is 9.35. The summed E-state index contributed by atoms with van der Waals surface area (Å²) in [6.45, 7) is 5.28. The Morgan fingerprint density at radius 3 is 2.48 bits per heavy atom. The van der Waals surface area contributed by atoms with Gasteiger partial charge in [0.15, 0.2) is 9.84 Å². The third-order valence-electron chi connectivity index (χ3n) is 7.39. The number of piperidine rings is 1. The van der Waals surface area contributed by atoms with E-state index in [0.717, 1.165) is 24.8 Å². The number of aryl methyl sites for hydroxylation is 1. The van der Waals surface area contributed by atoms with Gasteiger partial charge in [0.1, 0.15) is 0 Å². The molecule has 1 aromatic carbocycles. The number of hydrogen-bond donors (Lipinski definition) is 0. The lowest BCUT2D eigenvalue weighted by Gasteiger charge is -2.43. The largest absolute Gasteiger partial charge is 0.378 e. The molecule has 0 unspecified atom stereocenters. The van der Waals surface area contributed by atoms with E-state index in [9.17, 15) is 13.2 Å². The number of urea groups is 1. The topological polar surface area (TPSA) is 66.9 Å². The Kier molecular flexibility index (Phi) is 7.22. The van der Waals surface area contributed by atoms with Crippen LogP contribution >= 0.6 is 0 Å². The maximum Gasteiger partial charge on any atom is 0.320 e. The van der Waals surface area contributed by atoms with E-state index in [2.05, 4.69) is 0 Å². The van der Waals surface area contributed by atoms with Crippen LogP contribution in [0, 0.1) is 11.8 Å². The van der Waals surface area contributed by atoms with Crippen LogP contribution in [0.5, 0.6) is 0 Å². The SMILES string of the molecule is CCc1cccc(S(=O)(=O)[C@@H]2C[C@H](C3CCCCC3)CN(C(=O)N3CCOCC3)C2)c1. The minimum Gasteiger partial charge on any atom is -0.378 e. The van der Waals surface area contributed by atoms with E-state index < -0.39 is 15.1 Å². The summed E-state index contributed by atoms with van der Waals surface area (Å²) in [4.78, 5) is 17.4. The van der Waals surface area contributed by atoms with Gasteiger partial charge in [0.05, 0.1) is 23.4 Å². The minimum atomic E-state index is -3.50. The minimum absolute atomic E-state index is 0.0219. The number of ether oxygens (including phenoxy) is 1. The molecule has 4 rings (SSSR count). The van der Waals surface area contributed by atoms with E-state index in [-0.39, 0.29) is 18.5 Å². The molecule has 0 aromatic heterocycles. The average Bonchev–Trinajstić information content (AvgIpc) is 2.84. The summed E-state index contributed by atoms with van der Waals surface area (Å²) in [6, 6.07) is 7.31. The van der Waals surface area contributed by atoms with Crippen LogP contribution in [0.1, 0.15) is 51.0 Å². The number of carbonyl (C=O) groups is 1. The summed E-state index contributed by atoms with van der Waals surface area (Å²) in [5, 5.41) is -0.537. The van der Waals surface area contributed by atoms with Crippen molar-refractivity contribution in [2.75, 3.05) is 39.4 Å². The Morgan fingerprint density at radius 2 is 1.77 bits per heavy atom. The number of amides is 2. The zero-order valence-electron chi connectivity index (χ0n) is 18.7. The number of nitrogens with zero attached hydrogens (tertiary/aromatic N) is 2. The standard InChI is InChI=1S/C24H36N2O4S/c1-2-19-7-6-10-22(15-19)31(28,29)23-16-21(20-8-4-3-5-9-20)17-26(18-23)24(27)25-11-13-30-14-12-25/h6-7,10,15,20-21,23H,2-5,8-9,11-14,16-18H2,1H3/t21-,23+/m0/s1. The third-order valence-corrected chi connectivity index (χ3v) is 9.52. The van der Waals surface area contributed by atoms with Crippen LogP contribution in [0.15, 0.2) is 29.2 Å². The van der Waals surface area contributed by atoms with Crippen molar-refractivity contribution >= 4 is 15.9 Å². The Labute approximate surface area is 186 Å². The van der Waals surface area contributed by atoms with Gasteiger partial charge < -0.3 is 14.5 Å². The van der Waals surface area contributed by atoms with E-state index >= 15 is 0 Å². The molecule has 1 aromatic rings. The van der Waals surface area contributed by atoms with E-state index in [1.807, 2.05) is 34.9 Å². The Balaban J connectivity index is 1.59. The van der Waals surface area contributed by atoms with E-state index in [1.54, 1.807) is 6.07 Å². The molecule has 2 heterocycles. The molecule has 2 saturated heterocycles. The molecule has 2 aliphatic heterocycles. The van der Waals surface area contributed by atoms with Gasteiger partial charge in [-0.3, -0.25) is 0 Å². The van der Waals surface area contributed by atoms with Crippen molar-refractivity contribution in [3.8, 4) is 0 Å². The number of carbonyl (C=O) groups excluding carboxylic acids is 1. The molecule has 2 amide bonds. The first kappa shape index (κ1) is 22.6. The van der Waals surface area contributed by atoms with Gasteiger partial charge in [-0.1, -0.05) is 51.2 Å². The Morgan fingerprint density at radius 1 is 1.03 bits per heavy atom. The van der Waals surface area contributed by atoms with Gasteiger partial charge in [-0.2, -0.15) is 0 Å². The van der Waals surface area contributed by atoms with Crippen molar-refractivity contribution in [1.29, 1.82) is 0 Å². The van der Waals surface area contributed by atoms with E-state index in [1.165, 1.54) is 19.3 Å². The Hall–Kier alpha value is -1.60. The average molecular weight is 449 g/mol. The fraction of sp³-hybridized carbons (Fsp3) is 0.708. The van der Waals surface area contributed by atoms with Gasteiger partial charge >= 0.3 is 6.03 Å². The lowest BCUT2D eigenvalue weighted by Crippen LogP contribution is -2.55. The van der Waals surface area contributed by atoms with Crippen LogP contribution < -0.4 is 0 Å². The number of likely N-dealkylation sites (tertiary alicyclic amines) is 1. The van der Waals surface area contributed by atoms with Gasteiger partial charge in [0.25, 0.3) is 0 Å². The van der Waals surface area contributed by atoms with Gasteiger partial charge in [-0.25, -0.2) is 13.2 Å². The molecule has 2 atom stereocenters. The first-order chi connectivity index (χ1) is 15.0. The summed E-state index contributed by atoms with van der Waals surface area (Å²) >= 11 is 0. The second-order valence-corrected chi connectivity index (χ2v) is 11.6. The van der Waals surface area contributed by atoms with Crippen LogP contribution in [0.2, 0.25) is 0 Å². The highest BCUT2D eigenvalue weighted by atomic mass is 32.2. The molecule has 3 fully saturated rings. The summed E-state index contributed by atoms with van der Waals surface area (Å²) < 4.78 is 32.7. The highest BCUT2D eigenvalue weighted by Crippen LogP contribution is 2.38. The zero-order valence-corrected chi connectivity index (χ0v) is 19.5. The van der Waals surface area contributed by atoms with E-state index in [4.69, 9.17) is 4.74 Å². The summed E-state index contributed by atoms with van der Waals surface area (Å²) in [7, 11) is -3.50. The molecule has 31 heavy (non-hydrogen) atoms. The Bertz CT molecular complexity index is 860. The lowest BCUT2D eigenvalue weighted by molar-refractivity contribution is 0.0361. The first-order valence-corrected chi connectivity index (χ1v) is 13.5. The van der Waals surface area contributed by atoms with Crippen molar-refractivity contribution in [3.05, 3.63) is 29.8 Å². The van der Waals surface area contributed by atoms with Crippen molar-refractivity contribution in [2.24, 2.45) is 11.8 Å². The molecule has 6 nitrogen and oxygen atoms in total. The maximum atomic E-state index is 13.7. The van der Waals surface area contributed by atoms with Crippen molar-refractivity contribution in [1.82, 2.24) is 9.80 Å². The molecular weight excluding hydrogens is 412 g/mol. The molecule has 7 heteroatoms. The van der Waals surface area contributed by atoms with Crippen LogP contribution in [-0.2, 0) is 21.0 Å². The zero-order chi connectivity index (χ0) is 21.8. The second kappa shape index (κ2) is 9.90. The number of rotatable bonds is 4. The normalized spacial score (nSPS) is 26.1. The van der Waals surface area contributed by atoms with Crippen LogP contribution in [0.3, 0.4) is 0 Å². The number of benzene rings is 1. The summed E-state index contributed by atoms with van der Waals surface area (Å²) in [6.07, 6.45) is 7.48. The molecule has 0 N–H and O–H groups in total. The number of sulfone groups is 1. The summed E-state index contributed by atoms with van der Waals surface area (Å²) in [5.74, 6) is 0.780. The van der Waals surface area contributed by atoms with E-state index in [0.29, 0.717) is 50.1 Å². The van der Waals surface area contributed by atoms with Crippen LogP contribution in [0.4, 0.5) is 4.79 Å². The van der Waals surface area contributed by atoms with Crippen LogP contribution in [0.25, 0.3) is 0 Å². The fourth-order valence-electron chi connectivity index (χ4n) is 5.51. The molecule has 1 saturated carbocycles. The molecule has 0 spiro atoms. The van der Waals surface area contributed by atoms with Gasteiger partial charge in [-0.15, -0.1) is 0 Å². The quantitative estimate of drug-likeness (QED) is 0.704. The highest BCUT2D eigenvalue weighted by molar-refractivity contribution is 7.92. The number of morpholine rings is 1. The van der Waals surface area contributed by atoms with Crippen LogP contribution in [-0.4, -0.2) is 68.9 Å². The molecule has 1 aliphatic carbocycles. The summed E-state index contributed by atoms with van der Waals surface area (Å²) in [5.41, 5.74) is 1.03. The lowest BCUT2D eigenvalue weighted by atomic mass is 9.76.